The highest BCUT2D eigenvalue weighted by atomic mass is 35.5. The van der Waals surface area contributed by atoms with Gasteiger partial charge in [0.05, 0.1) is 17.6 Å². The Morgan fingerprint density at radius 1 is 0.938 bits per heavy atom. The van der Waals surface area contributed by atoms with Gasteiger partial charge < -0.3 is 20.2 Å². The van der Waals surface area contributed by atoms with Crippen LogP contribution in [0.15, 0.2) is 54.6 Å². The zero-order valence-electron chi connectivity index (χ0n) is 28.3. The van der Waals surface area contributed by atoms with Crippen molar-refractivity contribution in [2.75, 3.05) is 38.5 Å². The molecule has 0 fully saturated rings. The van der Waals surface area contributed by atoms with Gasteiger partial charge in [-0.15, -0.1) is 0 Å². The fourth-order valence-corrected chi connectivity index (χ4v) is 8.18. The topological polar surface area (TPSA) is 107 Å². The molecule has 1 heterocycles. The average molecular weight is 700 g/mol. The number of aliphatic hydroxyl groups is 1. The smallest absolute Gasteiger partial charge is 0.253 e. The molecule has 2 N–H and O–H groups in total. The molecule has 260 valence electrons. The number of hydrogen-bond acceptors (Lipinski definition) is 6. The molecule has 48 heavy (non-hydrogen) atoms. The zero-order valence-corrected chi connectivity index (χ0v) is 29.8. The van der Waals surface area contributed by atoms with Crippen molar-refractivity contribution in [3.05, 3.63) is 104 Å². The summed E-state index contributed by atoms with van der Waals surface area (Å²) >= 11 is 6.09. The molecule has 0 aliphatic carbocycles. The van der Waals surface area contributed by atoms with Crippen LogP contribution in [0.1, 0.15) is 88.2 Å². The number of carbonyl (C=O) groups is 2. The van der Waals surface area contributed by atoms with Crippen LogP contribution in [0.2, 0.25) is 5.02 Å². The monoisotopic (exact) mass is 699 g/mol. The second-order valence-corrected chi connectivity index (χ2v) is 15.3. The fraction of sp³-hybridized carbons (Fsp3) is 0.459. The number of amides is 2. The molecule has 0 saturated heterocycles. The van der Waals surface area contributed by atoms with Crippen LogP contribution in [0.5, 0.6) is 0 Å². The number of sulfone groups is 1. The molecule has 1 aliphatic heterocycles. The number of aliphatic hydroxyl groups excluding tert-OH is 1. The first-order valence-corrected chi connectivity index (χ1v) is 18.9. The van der Waals surface area contributed by atoms with Gasteiger partial charge in [-0.2, -0.15) is 0 Å². The minimum absolute atomic E-state index is 0.0188. The van der Waals surface area contributed by atoms with Crippen LogP contribution in [-0.4, -0.2) is 79.7 Å². The van der Waals surface area contributed by atoms with Crippen LogP contribution in [-0.2, 0) is 28.4 Å². The molecule has 0 spiro atoms. The largest absolute Gasteiger partial charge is 0.390 e. The molecule has 2 amide bonds. The summed E-state index contributed by atoms with van der Waals surface area (Å²) < 4.78 is 39.5. The third kappa shape index (κ3) is 10.1. The Kier molecular flexibility index (Phi) is 13.2. The van der Waals surface area contributed by atoms with Crippen molar-refractivity contribution >= 4 is 33.3 Å². The summed E-state index contributed by atoms with van der Waals surface area (Å²) in [4.78, 5) is 30.8. The standard InChI is InChI=1S/C37H47ClFN3O5S/c1-5-11-41(12-6-2)36(44)29-14-25(4)15-30(19-29)37(45)42(13-10-27-16-31(38)20-32(39)17-27)22-33(43)21-40-35-24-48(46,47)23-28-9-8-26(7-3)18-34(28)35/h8-9,14-20,33,35,40,43H,5-7,10-13,21-24H2,1-4H3/t33-,35+/m1/s1. The van der Waals surface area contributed by atoms with E-state index in [-0.39, 0.29) is 54.4 Å². The Morgan fingerprint density at radius 3 is 2.23 bits per heavy atom. The molecule has 0 radical (unpaired) electrons. The van der Waals surface area contributed by atoms with E-state index in [1.54, 1.807) is 29.2 Å². The predicted octanol–water partition coefficient (Wildman–Crippen LogP) is 5.92. The summed E-state index contributed by atoms with van der Waals surface area (Å²) in [7, 11) is -3.34. The van der Waals surface area contributed by atoms with Gasteiger partial charge in [-0.05, 0) is 96.8 Å². The second kappa shape index (κ2) is 16.9. The quantitative estimate of drug-likeness (QED) is 0.204. The van der Waals surface area contributed by atoms with Crippen LogP contribution in [0.4, 0.5) is 4.39 Å². The van der Waals surface area contributed by atoms with E-state index in [1.165, 1.54) is 17.0 Å². The molecule has 11 heteroatoms. The minimum Gasteiger partial charge on any atom is -0.390 e. The number of hydrogen-bond donors (Lipinski definition) is 2. The van der Waals surface area contributed by atoms with Gasteiger partial charge in [0.2, 0.25) is 0 Å². The number of benzene rings is 3. The predicted molar refractivity (Wildman–Crippen MR) is 189 cm³/mol. The Hall–Kier alpha value is -3.31. The number of fused-ring (bicyclic) bond motifs is 1. The highest BCUT2D eigenvalue weighted by Crippen LogP contribution is 2.29. The lowest BCUT2D eigenvalue weighted by atomic mass is 9.98. The first kappa shape index (κ1) is 37.5. The van der Waals surface area contributed by atoms with Gasteiger partial charge in [-0.1, -0.05) is 50.6 Å². The summed E-state index contributed by atoms with van der Waals surface area (Å²) in [6.45, 7) is 9.21. The maximum Gasteiger partial charge on any atom is 0.253 e. The molecular formula is C37H47ClFN3O5S. The first-order chi connectivity index (χ1) is 22.8. The van der Waals surface area contributed by atoms with E-state index in [9.17, 15) is 27.5 Å². The summed E-state index contributed by atoms with van der Waals surface area (Å²) in [5, 5.41) is 14.7. The molecule has 0 saturated carbocycles. The Balaban J connectivity index is 1.57. The Bertz CT molecular complexity index is 1690. The number of halogens is 2. The normalized spacial score (nSPS) is 15.9. The van der Waals surface area contributed by atoms with Crippen molar-refractivity contribution in [3.8, 4) is 0 Å². The highest BCUT2D eigenvalue weighted by molar-refractivity contribution is 7.90. The van der Waals surface area contributed by atoms with E-state index in [1.807, 2.05) is 45.9 Å². The van der Waals surface area contributed by atoms with Crippen molar-refractivity contribution in [1.82, 2.24) is 15.1 Å². The maximum absolute atomic E-state index is 14.1. The number of nitrogens with zero attached hydrogens (tertiary/aromatic N) is 2. The first-order valence-electron chi connectivity index (χ1n) is 16.7. The highest BCUT2D eigenvalue weighted by Gasteiger charge is 2.31. The van der Waals surface area contributed by atoms with Gasteiger partial charge in [0, 0.05) is 54.9 Å². The molecule has 8 nitrogen and oxygen atoms in total. The number of carbonyl (C=O) groups excluding carboxylic acids is 2. The molecule has 4 rings (SSSR count). The van der Waals surface area contributed by atoms with Gasteiger partial charge in [-0.25, -0.2) is 12.8 Å². The maximum atomic E-state index is 14.1. The lowest BCUT2D eigenvalue weighted by molar-refractivity contribution is 0.0621. The van der Waals surface area contributed by atoms with Crippen LogP contribution in [0, 0.1) is 12.7 Å². The second-order valence-electron chi connectivity index (χ2n) is 12.7. The molecule has 2 atom stereocenters. The van der Waals surface area contributed by atoms with Crippen molar-refractivity contribution in [2.45, 2.75) is 71.3 Å². The van der Waals surface area contributed by atoms with Crippen LogP contribution in [0.25, 0.3) is 0 Å². The molecule has 0 unspecified atom stereocenters. The summed E-state index contributed by atoms with van der Waals surface area (Å²) in [5.74, 6) is -1.12. The lowest BCUT2D eigenvalue weighted by Gasteiger charge is -2.30. The summed E-state index contributed by atoms with van der Waals surface area (Å²) in [5.41, 5.74) is 4.82. The third-order valence-corrected chi connectivity index (χ3v) is 10.4. The Morgan fingerprint density at radius 2 is 1.60 bits per heavy atom. The van der Waals surface area contributed by atoms with Crippen LogP contribution >= 0.6 is 11.6 Å². The van der Waals surface area contributed by atoms with Gasteiger partial charge in [0.25, 0.3) is 11.8 Å². The molecule has 3 aromatic rings. The van der Waals surface area contributed by atoms with Crippen LogP contribution < -0.4 is 5.32 Å². The molecule has 3 aromatic carbocycles. The van der Waals surface area contributed by atoms with Gasteiger partial charge >= 0.3 is 0 Å². The van der Waals surface area contributed by atoms with Crippen molar-refractivity contribution in [2.24, 2.45) is 0 Å². The SMILES string of the molecule is CCCN(CCC)C(=O)c1cc(C)cc(C(=O)N(CCc2cc(F)cc(Cl)c2)C[C@H](O)CN[C@H]2CS(=O)(=O)Cc3ccc(CC)cc32)c1. The fourth-order valence-electron chi connectivity index (χ4n) is 6.27. The minimum atomic E-state index is -3.34. The van der Waals surface area contributed by atoms with Crippen molar-refractivity contribution in [3.63, 3.8) is 0 Å². The van der Waals surface area contributed by atoms with Crippen molar-refractivity contribution < 1.29 is 27.5 Å². The molecular weight excluding hydrogens is 653 g/mol. The average Bonchev–Trinajstić information content (AvgIpc) is 3.03. The number of aryl methyl sites for hydroxylation is 2. The van der Waals surface area contributed by atoms with Gasteiger partial charge in [0.15, 0.2) is 9.84 Å². The van der Waals surface area contributed by atoms with E-state index in [0.29, 0.717) is 29.8 Å². The summed E-state index contributed by atoms with van der Waals surface area (Å²) in [6.07, 6.45) is 1.65. The summed E-state index contributed by atoms with van der Waals surface area (Å²) in [6, 6.07) is 14.6. The van der Waals surface area contributed by atoms with Crippen LogP contribution in [0.3, 0.4) is 0 Å². The van der Waals surface area contributed by atoms with E-state index in [0.717, 1.165) is 41.5 Å². The molecule has 0 aromatic heterocycles. The van der Waals surface area contributed by atoms with Crippen molar-refractivity contribution in [1.29, 1.82) is 0 Å². The zero-order chi connectivity index (χ0) is 35.0. The van der Waals surface area contributed by atoms with E-state index >= 15 is 0 Å². The Labute approximate surface area is 289 Å². The number of nitrogens with one attached hydrogen (secondary N) is 1. The van der Waals surface area contributed by atoms with E-state index in [2.05, 4.69) is 5.32 Å². The molecule has 1 aliphatic rings. The van der Waals surface area contributed by atoms with Gasteiger partial charge in [0.1, 0.15) is 5.82 Å². The van der Waals surface area contributed by atoms with E-state index in [4.69, 9.17) is 11.6 Å². The van der Waals surface area contributed by atoms with E-state index < -0.39 is 27.8 Å². The third-order valence-electron chi connectivity index (χ3n) is 8.55. The number of rotatable bonds is 15. The van der Waals surface area contributed by atoms with Gasteiger partial charge in [-0.3, -0.25) is 9.59 Å². The molecule has 0 bridgehead atoms. The lowest BCUT2D eigenvalue weighted by Crippen LogP contribution is -2.44.